The van der Waals surface area contributed by atoms with Crippen molar-refractivity contribution in [2.24, 2.45) is 0 Å². The molecule has 0 aliphatic rings. The van der Waals surface area contributed by atoms with Gasteiger partial charge in [-0.2, -0.15) is 0 Å². The summed E-state index contributed by atoms with van der Waals surface area (Å²) in [5, 5.41) is 9.22. The summed E-state index contributed by atoms with van der Waals surface area (Å²) < 4.78 is 0. The lowest BCUT2D eigenvalue weighted by Crippen LogP contribution is -2.36. The van der Waals surface area contributed by atoms with Gasteiger partial charge >= 0.3 is 5.97 Å². The minimum Gasteiger partial charge on any atom is -0.478 e. The van der Waals surface area contributed by atoms with Gasteiger partial charge in [-0.1, -0.05) is 48.0 Å². The average Bonchev–Trinajstić information content (AvgIpc) is 2.61. The second-order valence-electron chi connectivity index (χ2n) is 6.51. The van der Waals surface area contributed by atoms with Gasteiger partial charge in [0.2, 0.25) is 5.91 Å². The van der Waals surface area contributed by atoms with E-state index in [1.165, 1.54) is 11.1 Å². The highest BCUT2D eigenvalue weighted by atomic mass is 16.4. The smallest absolute Gasteiger partial charge is 0.335 e. The number of carbonyl (C=O) groups excluding carboxylic acids is 1. The zero-order valence-electron chi connectivity index (χ0n) is 15.0. The summed E-state index contributed by atoms with van der Waals surface area (Å²) in [6, 6.07) is 15.3. The number of hydrogen-bond acceptors (Lipinski definition) is 2. The number of nitrogens with zero attached hydrogens (tertiary/aromatic N) is 1. The maximum Gasteiger partial charge on any atom is 0.335 e. The summed E-state index contributed by atoms with van der Waals surface area (Å²) in [5.74, 6) is -0.927. The van der Waals surface area contributed by atoms with Gasteiger partial charge in [-0.05, 0) is 43.9 Å². The third-order valence-corrected chi connectivity index (χ3v) is 4.56. The van der Waals surface area contributed by atoms with E-state index in [0.717, 1.165) is 6.42 Å². The third-order valence-electron chi connectivity index (χ3n) is 4.56. The summed E-state index contributed by atoms with van der Waals surface area (Å²) in [5.41, 5.74) is 3.39. The number of amides is 1. The number of hydrogen-bond donors (Lipinski definition) is 1. The van der Waals surface area contributed by atoms with E-state index in [-0.39, 0.29) is 17.5 Å². The summed E-state index contributed by atoms with van der Waals surface area (Å²) in [6.07, 6.45) is 1.54. The molecule has 0 saturated carbocycles. The number of carboxylic acids is 1. The van der Waals surface area contributed by atoms with Crippen LogP contribution in [0.2, 0.25) is 0 Å². The summed E-state index contributed by atoms with van der Waals surface area (Å²) in [6.45, 7) is 4.08. The van der Waals surface area contributed by atoms with Crippen LogP contribution in [0.1, 0.15) is 40.4 Å². The Morgan fingerprint density at radius 1 is 1.08 bits per heavy atom. The molecular formula is C21H25NO3. The van der Waals surface area contributed by atoms with Crippen LogP contribution in [-0.2, 0) is 17.6 Å². The normalized spacial score (nSPS) is 11.8. The van der Waals surface area contributed by atoms with E-state index in [0.29, 0.717) is 18.4 Å². The predicted molar refractivity (Wildman–Crippen MR) is 98.8 cm³/mol. The predicted octanol–water partition coefficient (Wildman–Crippen LogP) is 3.72. The number of likely N-dealkylation sites (N-methyl/N-ethyl adjacent to an activating group) is 1. The molecule has 1 atom stereocenters. The standard InChI is InChI=1S/C21H25NO3/c1-15-8-10-17(11-9-15)14-16(2)22(3)20(23)13-12-18-6-4-5-7-19(18)21(24)25/h4-11,16H,12-14H2,1-3H3,(H,24,25). The van der Waals surface area contributed by atoms with E-state index in [1.54, 1.807) is 29.2 Å². The Labute approximate surface area is 149 Å². The molecule has 1 N–H and O–H groups in total. The van der Waals surface area contributed by atoms with Gasteiger partial charge < -0.3 is 10.0 Å². The molecule has 132 valence electrons. The van der Waals surface area contributed by atoms with Crippen molar-refractivity contribution < 1.29 is 14.7 Å². The van der Waals surface area contributed by atoms with Crippen LogP contribution in [0.25, 0.3) is 0 Å². The molecule has 0 aromatic heterocycles. The molecule has 0 saturated heterocycles. The van der Waals surface area contributed by atoms with Crippen LogP contribution in [-0.4, -0.2) is 35.0 Å². The Bertz CT molecular complexity index is 737. The molecule has 4 heteroatoms. The molecule has 2 aromatic rings. The highest BCUT2D eigenvalue weighted by Crippen LogP contribution is 2.14. The van der Waals surface area contributed by atoms with E-state index in [4.69, 9.17) is 0 Å². The lowest BCUT2D eigenvalue weighted by atomic mass is 10.0. The van der Waals surface area contributed by atoms with Crippen molar-refractivity contribution in [1.82, 2.24) is 4.90 Å². The topological polar surface area (TPSA) is 57.6 Å². The molecule has 0 bridgehead atoms. The minimum absolute atomic E-state index is 0.0276. The Hall–Kier alpha value is -2.62. The molecule has 0 aliphatic carbocycles. The average molecular weight is 339 g/mol. The van der Waals surface area contributed by atoms with Crippen molar-refractivity contribution in [3.63, 3.8) is 0 Å². The van der Waals surface area contributed by atoms with Crippen LogP contribution in [0, 0.1) is 6.92 Å². The van der Waals surface area contributed by atoms with Crippen LogP contribution in [0.5, 0.6) is 0 Å². The minimum atomic E-state index is -0.954. The first-order valence-electron chi connectivity index (χ1n) is 8.51. The fourth-order valence-corrected chi connectivity index (χ4v) is 2.81. The van der Waals surface area contributed by atoms with E-state index >= 15 is 0 Å². The van der Waals surface area contributed by atoms with Crippen molar-refractivity contribution >= 4 is 11.9 Å². The quantitative estimate of drug-likeness (QED) is 0.836. The zero-order valence-corrected chi connectivity index (χ0v) is 15.0. The van der Waals surface area contributed by atoms with Crippen molar-refractivity contribution in [1.29, 1.82) is 0 Å². The largest absolute Gasteiger partial charge is 0.478 e. The first-order chi connectivity index (χ1) is 11.9. The zero-order chi connectivity index (χ0) is 18.4. The van der Waals surface area contributed by atoms with E-state index in [9.17, 15) is 14.7 Å². The summed E-state index contributed by atoms with van der Waals surface area (Å²) >= 11 is 0. The molecule has 2 rings (SSSR count). The monoisotopic (exact) mass is 339 g/mol. The maximum atomic E-state index is 12.5. The lowest BCUT2D eigenvalue weighted by molar-refractivity contribution is -0.131. The van der Waals surface area contributed by atoms with Crippen molar-refractivity contribution in [2.45, 2.75) is 39.2 Å². The molecular weight excluding hydrogens is 314 g/mol. The van der Waals surface area contributed by atoms with Crippen molar-refractivity contribution in [3.05, 3.63) is 70.8 Å². The van der Waals surface area contributed by atoms with Crippen LogP contribution in [0.15, 0.2) is 48.5 Å². The summed E-state index contributed by atoms with van der Waals surface area (Å²) in [7, 11) is 1.81. The molecule has 2 aromatic carbocycles. The second-order valence-corrected chi connectivity index (χ2v) is 6.51. The Kier molecular flexibility index (Phi) is 6.34. The van der Waals surface area contributed by atoms with Gasteiger partial charge in [-0.3, -0.25) is 4.79 Å². The maximum absolute atomic E-state index is 12.5. The van der Waals surface area contributed by atoms with Crippen molar-refractivity contribution in [3.8, 4) is 0 Å². The molecule has 1 amide bonds. The van der Waals surface area contributed by atoms with Gasteiger partial charge in [0.25, 0.3) is 0 Å². The van der Waals surface area contributed by atoms with Gasteiger partial charge in [0, 0.05) is 19.5 Å². The molecule has 0 heterocycles. The second kappa shape index (κ2) is 8.47. The molecule has 25 heavy (non-hydrogen) atoms. The number of aromatic carboxylic acids is 1. The SMILES string of the molecule is Cc1ccc(CC(C)N(C)C(=O)CCc2ccccc2C(=O)O)cc1. The van der Waals surface area contributed by atoms with E-state index in [1.807, 2.05) is 14.0 Å². The molecule has 0 radical (unpaired) electrons. The number of benzene rings is 2. The van der Waals surface area contributed by atoms with Gasteiger partial charge in [-0.25, -0.2) is 4.79 Å². The van der Waals surface area contributed by atoms with Gasteiger partial charge in [0.1, 0.15) is 0 Å². The molecule has 4 nitrogen and oxygen atoms in total. The Balaban J connectivity index is 1.93. The van der Waals surface area contributed by atoms with Crippen LogP contribution < -0.4 is 0 Å². The van der Waals surface area contributed by atoms with Gasteiger partial charge in [0.15, 0.2) is 0 Å². The van der Waals surface area contributed by atoms with E-state index < -0.39 is 5.97 Å². The first kappa shape index (κ1) is 18.7. The van der Waals surface area contributed by atoms with Gasteiger partial charge in [-0.15, -0.1) is 0 Å². The fourth-order valence-electron chi connectivity index (χ4n) is 2.81. The van der Waals surface area contributed by atoms with E-state index in [2.05, 4.69) is 31.2 Å². The first-order valence-corrected chi connectivity index (χ1v) is 8.51. The highest BCUT2D eigenvalue weighted by molar-refractivity contribution is 5.89. The number of aryl methyl sites for hydroxylation is 2. The Morgan fingerprint density at radius 2 is 1.72 bits per heavy atom. The van der Waals surface area contributed by atoms with Crippen molar-refractivity contribution in [2.75, 3.05) is 7.05 Å². The molecule has 0 spiro atoms. The number of carboxylic acid groups (broad SMARTS) is 1. The Morgan fingerprint density at radius 3 is 2.36 bits per heavy atom. The third kappa shape index (κ3) is 5.18. The van der Waals surface area contributed by atoms with Crippen LogP contribution in [0.3, 0.4) is 0 Å². The summed E-state index contributed by atoms with van der Waals surface area (Å²) in [4.78, 5) is 25.5. The van der Waals surface area contributed by atoms with Crippen LogP contribution in [0.4, 0.5) is 0 Å². The lowest BCUT2D eigenvalue weighted by Gasteiger charge is -2.25. The fraction of sp³-hybridized carbons (Fsp3) is 0.333. The van der Waals surface area contributed by atoms with Gasteiger partial charge in [0.05, 0.1) is 5.56 Å². The molecule has 0 fully saturated rings. The highest BCUT2D eigenvalue weighted by Gasteiger charge is 2.17. The number of carbonyl (C=O) groups is 2. The van der Waals surface area contributed by atoms with Crippen LogP contribution >= 0.6 is 0 Å². The molecule has 0 aliphatic heterocycles. The molecule has 1 unspecified atom stereocenters. The number of rotatable bonds is 7.